The summed E-state index contributed by atoms with van der Waals surface area (Å²) in [7, 11) is 0. The summed E-state index contributed by atoms with van der Waals surface area (Å²) in [6.07, 6.45) is 0.884. The molecule has 0 bridgehead atoms. The number of nitrogens with zero attached hydrogens (tertiary/aromatic N) is 3. The Morgan fingerprint density at radius 2 is 0.924 bits per heavy atom. The number of thiophene rings is 1. The van der Waals surface area contributed by atoms with Gasteiger partial charge in [-0.3, -0.25) is 0 Å². The van der Waals surface area contributed by atoms with E-state index in [9.17, 15) is 0 Å². The first-order chi connectivity index (χ1) is 37.7. The standard InChI is InChI=1S/C74H74BN3S/c1-14-48-43-65-68-66(44-48)78(63-41-25-51(49-21-17-15-18-22-49)45-60(63)50-23-19-16-20-24-50)64-47-59(76(56-33-26-52(27-34-56)71(2,3)4)57-35-28-53(29-36-57)72(5,6)7)39-40-62(64)75(68)70-69(61-46-55(74(11,12)13)32-42-67(61)79-70)77(65)58-37-30-54(31-38-58)73(8,9)10/h15-47H,14H2,1-13H3. The van der Waals surface area contributed by atoms with E-state index in [0.717, 1.165) is 29.2 Å². The predicted molar refractivity (Wildman–Crippen MR) is 346 cm³/mol. The highest BCUT2D eigenvalue weighted by molar-refractivity contribution is 7.33. The lowest BCUT2D eigenvalue weighted by molar-refractivity contribution is 0.590. The molecule has 2 aliphatic rings. The van der Waals surface area contributed by atoms with Crippen molar-refractivity contribution in [3.05, 3.63) is 228 Å². The molecule has 0 N–H and O–H groups in total. The molecule has 10 aromatic rings. The van der Waals surface area contributed by atoms with E-state index in [1.165, 1.54) is 104 Å². The summed E-state index contributed by atoms with van der Waals surface area (Å²) in [6.45, 7) is 30.0. The molecule has 394 valence electrons. The summed E-state index contributed by atoms with van der Waals surface area (Å²) >= 11 is 1.97. The molecule has 0 amide bonds. The Hall–Kier alpha value is -7.60. The molecule has 3 heterocycles. The first kappa shape index (κ1) is 52.1. The van der Waals surface area contributed by atoms with Crippen LogP contribution in [0.2, 0.25) is 0 Å². The topological polar surface area (TPSA) is 9.72 Å². The molecule has 9 aromatic carbocycles. The van der Waals surface area contributed by atoms with Crippen LogP contribution in [-0.4, -0.2) is 6.71 Å². The lowest BCUT2D eigenvalue weighted by atomic mass is 9.36. The SMILES string of the molecule is CCc1cc2c3c(c1)N(c1ccc(C(C)(C)C)cc1)c1c(sc4ccc(C(C)(C)C)cc14)B3c1ccc(N(c3ccc(C(C)(C)C)cc3)c3ccc(C(C)(C)C)cc3)cc1N2c1ccc(-c2ccccc2)cc1-c1ccccc1. The van der Waals surface area contributed by atoms with Crippen molar-refractivity contribution in [1.82, 2.24) is 0 Å². The van der Waals surface area contributed by atoms with E-state index in [2.05, 4.69) is 305 Å². The van der Waals surface area contributed by atoms with Crippen molar-refractivity contribution in [2.24, 2.45) is 0 Å². The molecule has 0 radical (unpaired) electrons. The Morgan fingerprint density at radius 3 is 1.47 bits per heavy atom. The van der Waals surface area contributed by atoms with Gasteiger partial charge in [0.2, 0.25) is 0 Å². The molecular formula is C74H74BN3S. The van der Waals surface area contributed by atoms with Crippen molar-refractivity contribution in [3.63, 3.8) is 0 Å². The Morgan fingerprint density at radius 1 is 0.418 bits per heavy atom. The summed E-state index contributed by atoms with van der Waals surface area (Å²) in [5.41, 5.74) is 24.6. The maximum atomic E-state index is 2.64. The first-order valence-electron chi connectivity index (χ1n) is 28.5. The van der Waals surface area contributed by atoms with Crippen molar-refractivity contribution >= 4 is 95.0 Å². The average molecular weight is 1050 g/mol. The van der Waals surface area contributed by atoms with E-state index in [1.807, 2.05) is 11.3 Å². The van der Waals surface area contributed by atoms with E-state index in [0.29, 0.717) is 0 Å². The van der Waals surface area contributed by atoms with Gasteiger partial charge >= 0.3 is 0 Å². The van der Waals surface area contributed by atoms with Gasteiger partial charge in [-0.05, 0) is 168 Å². The molecule has 0 aliphatic carbocycles. The number of fused-ring (bicyclic) bond motifs is 6. The number of hydrogen-bond acceptors (Lipinski definition) is 4. The lowest BCUT2D eigenvalue weighted by Crippen LogP contribution is -2.60. The summed E-state index contributed by atoms with van der Waals surface area (Å²) in [5.74, 6) is 0. The van der Waals surface area contributed by atoms with Gasteiger partial charge in [0.1, 0.15) is 0 Å². The van der Waals surface area contributed by atoms with Gasteiger partial charge in [0.05, 0.1) is 11.4 Å². The second kappa shape index (κ2) is 19.3. The van der Waals surface area contributed by atoms with Crippen LogP contribution >= 0.6 is 11.3 Å². The fraction of sp³-hybridized carbons (Fsp3) is 0.243. The van der Waals surface area contributed by atoms with Gasteiger partial charge in [0, 0.05) is 60.2 Å². The maximum Gasteiger partial charge on any atom is 0.264 e. The third-order valence-corrected chi connectivity index (χ3v) is 17.9. The van der Waals surface area contributed by atoms with Gasteiger partial charge in [-0.2, -0.15) is 0 Å². The quantitative estimate of drug-likeness (QED) is 0.140. The van der Waals surface area contributed by atoms with Crippen LogP contribution in [0.1, 0.15) is 118 Å². The van der Waals surface area contributed by atoms with Crippen LogP contribution in [0.15, 0.2) is 200 Å². The molecule has 3 nitrogen and oxygen atoms in total. The number of benzene rings is 9. The Bertz CT molecular complexity index is 3840. The second-order valence-electron chi connectivity index (χ2n) is 26.2. The first-order valence-corrected chi connectivity index (χ1v) is 29.3. The maximum absolute atomic E-state index is 2.64. The smallest absolute Gasteiger partial charge is 0.264 e. The number of anilines is 9. The fourth-order valence-corrected chi connectivity index (χ4v) is 13.3. The minimum atomic E-state index is -0.0406. The van der Waals surface area contributed by atoms with Gasteiger partial charge in [0.25, 0.3) is 6.71 Å². The van der Waals surface area contributed by atoms with Gasteiger partial charge in [-0.25, -0.2) is 0 Å². The van der Waals surface area contributed by atoms with Gasteiger partial charge in [0.15, 0.2) is 0 Å². The molecule has 12 rings (SSSR count). The minimum absolute atomic E-state index is 0.0192. The summed E-state index contributed by atoms with van der Waals surface area (Å²) in [4.78, 5) is 7.75. The number of rotatable bonds is 8. The highest BCUT2D eigenvalue weighted by atomic mass is 32.1. The lowest BCUT2D eigenvalue weighted by Gasteiger charge is -2.44. The van der Waals surface area contributed by atoms with Crippen LogP contribution in [0.25, 0.3) is 32.3 Å². The molecule has 0 saturated heterocycles. The average Bonchev–Trinajstić information content (AvgIpc) is 4.11. The Balaban J connectivity index is 1.18. The Labute approximate surface area is 475 Å². The predicted octanol–water partition coefficient (Wildman–Crippen LogP) is 19.5. The summed E-state index contributed by atoms with van der Waals surface area (Å²) in [6, 6.07) is 76.7. The number of aryl methyl sites for hydroxylation is 1. The van der Waals surface area contributed by atoms with E-state index < -0.39 is 0 Å². The molecule has 1 aromatic heterocycles. The molecule has 5 heteroatoms. The summed E-state index contributed by atoms with van der Waals surface area (Å²) in [5, 5.41) is 1.31. The highest BCUT2D eigenvalue weighted by Gasteiger charge is 2.46. The zero-order chi connectivity index (χ0) is 55.3. The van der Waals surface area contributed by atoms with Crippen molar-refractivity contribution in [1.29, 1.82) is 0 Å². The normalized spacial score (nSPS) is 13.4. The Kier molecular flexibility index (Phi) is 12.8. The van der Waals surface area contributed by atoms with Crippen LogP contribution in [0, 0.1) is 0 Å². The van der Waals surface area contributed by atoms with Gasteiger partial charge in [-0.1, -0.05) is 205 Å². The minimum Gasteiger partial charge on any atom is -0.311 e. The van der Waals surface area contributed by atoms with Crippen molar-refractivity contribution in [2.75, 3.05) is 14.7 Å². The monoisotopic (exact) mass is 1050 g/mol. The van der Waals surface area contributed by atoms with E-state index in [4.69, 9.17) is 0 Å². The zero-order valence-corrected chi connectivity index (χ0v) is 49.4. The molecule has 0 unspecified atom stereocenters. The molecule has 79 heavy (non-hydrogen) atoms. The van der Waals surface area contributed by atoms with Crippen LogP contribution < -0.4 is 30.4 Å². The van der Waals surface area contributed by atoms with Crippen LogP contribution in [0.3, 0.4) is 0 Å². The highest BCUT2D eigenvalue weighted by Crippen LogP contribution is 2.52. The van der Waals surface area contributed by atoms with Crippen LogP contribution in [0.5, 0.6) is 0 Å². The van der Waals surface area contributed by atoms with Crippen LogP contribution in [-0.2, 0) is 28.1 Å². The molecule has 2 aliphatic heterocycles. The third kappa shape index (κ3) is 9.38. The molecule has 0 spiro atoms. The van der Waals surface area contributed by atoms with E-state index in [1.54, 1.807) is 0 Å². The van der Waals surface area contributed by atoms with Gasteiger partial charge in [-0.15, -0.1) is 11.3 Å². The molecule has 0 saturated carbocycles. The molecule has 0 fully saturated rings. The van der Waals surface area contributed by atoms with Crippen LogP contribution in [0.4, 0.5) is 51.2 Å². The zero-order valence-electron chi connectivity index (χ0n) is 48.6. The van der Waals surface area contributed by atoms with Gasteiger partial charge < -0.3 is 14.7 Å². The van der Waals surface area contributed by atoms with Crippen molar-refractivity contribution in [3.8, 4) is 22.3 Å². The van der Waals surface area contributed by atoms with Crippen molar-refractivity contribution in [2.45, 2.75) is 118 Å². The fourth-order valence-electron chi connectivity index (χ4n) is 12.0. The molecule has 0 atom stereocenters. The van der Waals surface area contributed by atoms with E-state index in [-0.39, 0.29) is 28.4 Å². The summed E-state index contributed by atoms with van der Waals surface area (Å²) < 4.78 is 2.69. The largest absolute Gasteiger partial charge is 0.311 e. The number of hydrogen-bond donors (Lipinski definition) is 0. The molecular weight excluding hydrogens is 974 g/mol. The van der Waals surface area contributed by atoms with Crippen molar-refractivity contribution < 1.29 is 0 Å². The second-order valence-corrected chi connectivity index (χ2v) is 27.3. The third-order valence-electron chi connectivity index (χ3n) is 16.6. The van der Waals surface area contributed by atoms with E-state index >= 15 is 0 Å².